The first-order valence-corrected chi connectivity index (χ1v) is 5.17. The van der Waals surface area contributed by atoms with Crippen molar-refractivity contribution in [1.82, 2.24) is 0 Å². The van der Waals surface area contributed by atoms with Crippen LogP contribution in [-0.2, 0) is 9.59 Å². The van der Waals surface area contributed by atoms with Gasteiger partial charge >= 0.3 is 5.97 Å². The van der Waals surface area contributed by atoms with Gasteiger partial charge in [-0.3, -0.25) is 14.6 Å². The molecule has 0 bridgehead atoms. The Bertz CT molecular complexity index is 317. The van der Waals surface area contributed by atoms with Crippen molar-refractivity contribution in [3.8, 4) is 0 Å². The van der Waals surface area contributed by atoms with E-state index in [4.69, 9.17) is 28.0 Å². The zero-order valence-corrected chi connectivity index (χ0v) is 11.7. The zero-order chi connectivity index (χ0) is 14.7. The summed E-state index contributed by atoms with van der Waals surface area (Å²) in [5.74, 6) is -1.42. The Labute approximate surface area is 118 Å². The molecular formula is C10H22ClN5O3. The van der Waals surface area contributed by atoms with Gasteiger partial charge in [0.25, 0.3) is 0 Å². The fourth-order valence-electron chi connectivity index (χ4n) is 0.643. The van der Waals surface area contributed by atoms with Gasteiger partial charge in [0.15, 0.2) is 5.96 Å². The Balaban J connectivity index is -0.000000313. The first-order chi connectivity index (χ1) is 8.18. The van der Waals surface area contributed by atoms with Gasteiger partial charge in [-0.25, -0.2) is 0 Å². The topological polar surface area (TPSA) is 171 Å². The van der Waals surface area contributed by atoms with Crippen molar-refractivity contribution in [1.29, 1.82) is 0 Å². The van der Waals surface area contributed by atoms with E-state index in [-0.39, 0.29) is 18.4 Å². The number of nitrogens with zero attached hydrogens (tertiary/aromatic N) is 1. The predicted octanol–water partition coefficient (Wildman–Crippen LogP) is -1.08. The van der Waals surface area contributed by atoms with Crippen LogP contribution >= 0.6 is 12.4 Å². The first kappa shape index (κ1) is 22.4. The number of rotatable bonds is 6. The Morgan fingerprint density at radius 1 is 1.32 bits per heavy atom. The van der Waals surface area contributed by atoms with Gasteiger partial charge in [-0.15, -0.1) is 12.4 Å². The molecule has 0 aliphatic heterocycles. The number of hydrogen-bond acceptors (Lipinski definition) is 4. The van der Waals surface area contributed by atoms with Crippen LogP contribution < -0.4 is 22.9 Å². The van der Waals surface area contributed by atoms with Gasteiger partial charge in [0, 0.05) is 12.1 Å². The predicted molar refractivity (Wildman–Crippen MR) is 76.8 cm³/mol. The first-order valence-electron chi connectivity index (χ1n) is 5.17. The molecule has 0 aliphatic carbocycles. The second kappa shape index (κ2) is 12.7. The lowest BCUT2D eigenvalue weighted by Gasteiger charge is -2.03. The van der Waals surface area contributed by atoms with Gasteiger partial charge in [0.2, 0.25) is 5.91 Å². The molecule has 9 N–H and O–H groups in total. The molecule has 0 aromatic rings. The largest absolute Gasteiger partial charge is 0.480 e. The molecule has 0 radical (unpaired) electrons. The summed E-state index contributed by atoms with van der Waals surface area (Å²) < 4.78 is 0. The quantitative estimate of drug-likeness (QED) is 0.180. The highest BCUT2D eigenvalue weighted by Crippen LogP contribution is 1.94. The van der Waals surface area contributed by atoms with Gasteiger partial charge < -0.3 is 28.0 Å². The van der Waals surface area contributed by atoms with Crippen LogP contribution in [0.4, 0.5) is 0 Å². The molecule has 0 unspecified atom stereocenters. The molecule has 0 aromatic carbocycles. The molecule has 0 saturated heterocycles. The summed E-state index contributed by atoms with van der Waals surface area (Å²) in [5.41, 5.74) is 20.4. The van der Waals surface area contributed by atoms with Crippen LogP contribution in [0.15, 0.2) is 17.1 Å². The van der Waals surface area contributed by atoms with E-state index < -0.39 is 17.9 Å². The molecular weight excluding hydrogens is 274 g/mol. The van der Waals surface area contributed by atoms with Crippen LogP contribution in [0.3, 0.4) is 0 Å². The Morgan fingerprint density at radius 2 is 1.74 bits per heavy atom. The highest BCUT2D eigenvalue weighted by Gasteiger charge is 2.09. The monoisotopic (exact) mass is 295 g/mol. The van der Waals surface area contributed by atoms with Gasteiger partial charge in [-0.1, -0.05) is 6.58 Å². The van der Waals surface area contributed by atoms with Crippen LogP contribution in [0.2, 0.25) is 0 Å². The lowest BCUT2D eigenvalue weighted by Crippen LogP contribution is -2.30. The molecule has 0 aliphatic rings. The lowest BCUT2D eigenvalue weighted by atomic mass is 10.2. The van der Waals surface area contributed by atoms with E-state index in [9.17, 15) is 9.59 Å². The number of carboxylic acid groups (broad SMARTS) is 1. The molecule has 0 spiro atoms. The summed E-state index contributed by atoms with van der Waals surface area (Å²) in [6, 6.07) is -0.820. The Kier molecular flexibility index (Phi) is 14.9. The molecule has 0 fully saturated rings. The number of carbonyl (C=O) groups is 2. The molecule has 1 atom stereocenters. The third-order valence-electron chi connectivity index (χ3n) is 1.71. The Hall–Kier alpha value is -1.80. The molecule has 0 heterocycles. The number of carbonyl (C=O) groups excluding carboxylic acids is 1. The summed E-state index contributed by atoms with van der Waals surface area (Å²) in [6.07, 6.45) is 0.956. The molecule has 0 saturated carbocycles. The number of carboxylic acids is 1. The zero-order valence-electron chi connectivity index (χ0n) is 10.8. The van der Waals surface area contributed by atoms with Crippen LogP contribution in [0.25, 0.3) is 0 Å². The number of primary amides is 1. The number of aliphatic carboxylic acids is 1. The summed E-state index contributed by atoms with van der Waals surface area (Å²) in [4.78, 5) is 23.7. The summed E-state index contributed by atoms with van der Waals surface area (Å²) >= 11 is 0. The van der Waals surface area contributed by atoms with Crippen molar-refractivity contribution < 1.29 is 14.7 Å². The highest BCUT2D eigenvalue weighted by molar-refractivity contribution is 5.90. The van der Waals surface area contributed by atoms with Crippen LogP contribution in [0, 0.1) is 0 Å². The maximum atomic E-state index is 10.2. The molecule has 19 heavy (non-hydrogen) atoms. The van der Waals surface area contributed by atoms with Crippen molar-refractivity contribution in [2.45, 2.75) is 25.8 Å². The van der Waals surface area contributed by atoms with E-state index in [0.717, 1.165) is 0 Å². The van der Waals surface area contributed by atoms with Gasteiger partial charge in [-0.2, -0.15) is 0 Å². The minimum Gasteiger partial charge on any atom is -0.480 e. The minimum atomic E-state index is -1.00. The average molecular weight is 296 g/mol. The molecule has 1 amide bonds. The third kappa shape index (κ3) is 18.7. The van der Waals surface area contributed by atoms with E-state index in [1.165, 1.54) is 0 Å². The fourth-order valence-corrected chi connectivity index (χ4v) is 0.643. The standard InChI is InChI=1S/C6H14N4O2.C4H7NO.ClH/c7-4(5(11)12)2-1-3-10-6(8)9;1-3(2)4(5)6;/h4H,1-3,7H2,(H,11,12)(H4,8,9,10);1H2,2H3,(H2,5,6);1H/t4-;;/m0../s1. The molecule has 9 heteroatoms. The number of hydrogen-bond donors (Lipinski definition) is 5. The molecule has 8 nitrogen and oxygen atoms in total. The van der Waals surface area contributed by atoms with Crippen LogP contribution in [0.5, 0.6) is 0 Å². The number of guanidine groups is 1. The van der Waals surface area contributed by atoms with Crippen molar-refractivity contribution >= 4 is 30.2 Å². The van der Waals surface area contributed by atoms with Gasteiger partial charge in [-0.05, 0) is 19.8 Å². The van der Waals surface area contributed by atoms with E-state index in [0.29, 0.717) is 25.0 Å². The number of aliphatic imine (C=N–C) groups is 1. The second-order valence-electron chi connectivity index (χ2n) is 3.54. The Morgan fingerprint density at radius 3 is 2.00 bits per heavy atom. The normalized spacial score (nSPS) is 10.0. The lowest BCUT2D eigenvalue weighted by molar-refractivity contribution is -0.138. The van der Waals surface area contributed by atoms with E-state index in [1.807, 2.05) is 0 Å². The fraction of sp³-hybridized carbons (Fsp3) is 0.500. The number of amides is 1. The van der Waals surface area contributed by atoms with Crippen molar-refractivity contribution in [3.05, 3.63) is 12.2 Å². The van der Waals surface area contributed by atoms with E-state index in [2.05, 4.69) is 11.6 Å². The van der Waals surface area contributed by atoms with Crippen LogP contribution in [0.1, 0.15) is 19.8 Å². The van der Waals surface area contributed by atoms with Crippen LogP contribution in [-0.4, -0.2) is 35.5 Å². The SMILES string of the molecule is C=C(C)C(N)=O.Cl.NC(N)=NCCC[C@H](N)C(=O)O. The summed E-state index contributed by atoms with van der Waals surface area (Å²) in [7, 11) is 0. The smallest absolute Gasteiger partial charge is 0.320 e. The third-order valence-corrected chi connectivity index (χ3v) is 1.71. The maximum Gasteiger partial charge on any atom is 0.320 e. The summed E-state index contributed by atoms with van der Waals surface area (Å²) in [6.45, 7) is 5.27. The number of halogens is 1. The molecule has 112 valence electrons. The maximum absolute atomic E-state index is 10.2. The summed E-state index contributed by atoms with van der Waals surface area (Å²) in [5, 5.41) is 8.38. The number of nitrogens with two attached hydrogens (primary N) is 4. The van der Waals surface area contributed by atoms with Crippen molar-refractivity contribution in [2.24, 2.45) is 27.9 Å². The van der Waals surface area contributed by atoms with Gasteiger partial charge in [0.05, 0.1) is 0 Å². The van der Waals surface area contributed by atoms with E-state index >= 15 is 0 Å². The highest BCUT2D eigenvalue weighted by atomic mass is 35.5. The average Bonchev–Trinajstić information content (AvgIpc) is 2.24. The molecule has 0 rings (SSSR count). The van der Waals surface area contributed by atoms with Crippen molar-refractivity contribution in [3.63, 3.8) is 0 Å². The molecule has 0 aromatic heterocycles. The van der Waals surface area contributed by atoms with Gasteiger partial charge in [0.1, 0.15) is 6.04 Å². The van der Waals surface area contributed by atoms with E-state index in [1.54, 1.807) is 6.92 Å². The minimum absolute atomic E-state index is 0. The van der Waals surface area contributed by atoms with Crippen molar-refractivity contribution in [2.75, 3.05) is 6.54 Å². The second-order valence-corrected chi connectivity index (χ2v) is 3.54.